The van der Waals surface area contributed by atoms with Crippen LogP contribution in [0.2, 0.25) is 0 Å². The van der Waals surface area contributed by atoms with Gasteiger partial charge in [0, 0.05) is 0 Å². The van der Waals surface area contributed by atoms with Gasteiger partial charge in [0.2, 0.25) is 0 Å². The predicted octanol–water partition coefficient (Wildman–Crippen LogP) is 16.8. The van der Waals surface area contributed by atoms with Crippen LogP contribution in [-0.2, 0) is 0 Å². The normalized spacial score (nSPS) is 12.0. The second-order valence-electron chi connectivity index (χ2n) is 16.2. The molecule has 0 heterocycles. The van der Waals surface area contributed by atoms with Gasteiger partial charge in [-0.15, -0.1) is 0 Å². The van der Waals surface area contributed by atoms with Crippen LogP contribution in [0.4, 0.5) is 0 Å². The molecular formula is C60H36. The minimum absolute atomic E-state index is 1.24. The topological polar surface area (TPSA) is 0 Å². The van der Waals surface area contributed by atoms with E-state index in [1.165, 1.54) is 132 Å². The first-order valence-corrected chi connectivity index (χ1v) is 20.9. The van der Waals surface area contributed by atoms with E-state index in [1.807, 2.05) is 0 Å². The van der Waals surface area contributed by atoms with Crippen LogP contribution >= 0.6 is 0 Å². The molecule has 0 saturated heterocycles. The Bertz CT molecular complexity index is 3380. The molecule has 13 rings (SSSR count). The zero-order valence-electron chi connectivity index (χ0n) is 32.8. The van der Waals surface area contributed by atoms with E-state index >= 15 is 0 Å². The maximum Gasteiger partial charge on any atom is -0.000741 e. The van der Waals surface area contributed by atoms with Crippen LogP contribution in [0, 0.1) is 0 Å². The molecule has 0 spiro atoms. The maximum absolute atomic E-state index is 2.42. The molecule has 11 aromatic rings. The molecule has 0 N–H and O–H groups in total. The molecule has 60 heavy (non-hydrogen) atoms. The van der Waals surface area contributed by atoms with E-state index in [1.54, 1.807) is 0 Å². The fraction of sp³-hybridized carbons (Fsp3) is 0. The molecular weight excluding hydrogens is 721 g/mol. The molecule has 2 aliphatic carbocycles. The van der Waals surface area contributed by atoms with Crippen molar-refractivity contribution in [2.75, 3.05) is 0 Å². The third-order valence-electron chi connectivity index (χ3n) is 13.2. The Balaban J connectivity index is 1.09. The standard InChI is InChI=1S/C60H36/c1-5-17-37(18-6-1)41-31-32-42(38-19-7-2-8-20-38)58-51-35-33-43(45-27-15-29-49(55(45)51)57(41)58)44-34-36-52-56-46(44)28-16-30-50(56)59-53(39-21-9-3-10-22-39)47-25-13-14-26-48(47)54(60(52)59)40-23-11-4-12-24-40/h1-36H. The average molecular weight is 757 g/mol. The maximum atomic E-state index is 2.42. The van der Waals surface area contributed by atoms with Gasteiger partial charge >= 0.3 is 0 Å². The highest BCUT2D eigenvalue weighted by Gasteiger charge is 2.33. The Morgan fingerprint density at radius 2 is 0.450 bits per heavy atom. The van der Waals surface area contributed by atoms with E-state index in [0.717, 1.165) is 0 Å². The van der Waals surface area contributed by atoms with Crippen LogP contribution in [-0.4, -0.2) is 0 Å². The summed E-state index contributed by atoms with van der Waals surface area (Å²) < 4.78 is 0. The summed E-state index contributed by atoms with van der Waals surface area (Å²) in [6, 6.07) is 81.0. The first kappa shape index (κ1) is 33.2. The van der Waals surface area contributed by atoms with Gasteiger partial charge in [0.05, 0.1) is 0 Å². The molecule has 0 amide bonds. The third-order valence-corrected chi connectivity index (χ3v) is 13.2. The summed E-state index contributed by atoms with van der Waals surface area (Å²) in [7, 11) is 0. The SMILES string of the molecule is c1ccc(-c2ccc(-c3ccccc3)c3c2-c2cccc4c(-c5ccc6c7c(cccc57)-c5c-6c(-c6ccccc6)c6ccccc6c5-c5ccccc5)ccc-3c24)cc1. The van der Waals surface area contributed by atoms with Gasteiger partial charge in [-0.2, -0.15) is 0 Å². The van der Waals surface area contributed by atoms with Crippen LogP contribution in [0.1, 0.15) is 0 Å². The number of hydrogen-bond donors (Lipinski definition) is 0. The molecule has 0 aliphatic heterocycles. The van der Waals surface area contributed by atoms with E-state index < -0.39 is 0 Å². The number of rotatable bonds is 5. The van der Waals surface area contributed by atoms with Crippen molar-refractivity contribution in [2.24, 2.45) is 0 Å². The van der Waals surface area contributed by atoms with Crippen LogP contribution in [0.3, 0.4) is 0 Å². The first-order chi connectivity index (χ1) is 29.8. The van der Waals surface area contributed by atoms with E-state index in [-0.39, 0.29) is 0 Å². The summed E-state index contributed by atoms with van der Waals surface area (Å²) in [6.07, 6.45) is 0. The van der Waals surface area contributed by atoms with Crippen LogP contribution in [0.25, 0.3) is 132 Å². The molecule has 0 nitrogen and oxygen atoms in total. The minimum Gasteiger partial charge on any atom is -0.0622 e. The number of benzene rings is 11. The highest BCUT2D eigenvalue weighted by molar-refractivity contribution is 6.30. The predicted molar refractivity (Wildman–Crippen MR) is 255 cm³/mol. The van der Waals surface area contributed by atoms with Crippen molar-refractivity contribution in [3.8, 4) is 100 Å². The molecule has 11 aromatic carbocycles. The van der Waals surface area contributed by atoms with Crippen molar-refractivity contribution in [2.45, 2.75) is 0 Å². The number of fused-ring (bicyclic) bond motifs is 7. The van der Waals surface area contributed by atoms with Gasteiger partial charge < -0.3 is 0 Å². The largest absolute Gasteiger partial charge is 0.0622 e. The molecule has 0 saturated carbocycles. The van der Waals surface area contributed by atoms with Crippen molar-refractivity contribution >= 4 is 32.3 Å². The summed E-state index contributed by atoms with van der Waals surface area (Å²) in [4.78, 5) is 0. The van der Waals surface area contributed by atoms with E-state index in [9.17, 15) is 0 Å². The van der Waals surface area contributed by atoms with Crippen molar-refractivity contribution in [3.63, 3.8) is 0 Å². The highest BCUT2D eigenvalue weighted by atomic mass is 14.3. The van der Waals surface area contributed by atoms with Gasteiger partial charge in [-0.05, 0) is 132 Å². The van der Waals surface area contributed by atoms with Gasteiger partial charge in [0.15, 0.2) is 0 Å². The fourth-order valence-corrected chi connectivity index (χ4v) is 10.8. The van der Waals surface area contributed by atoms with Gasteiger partial charge in [0.25, 0.3) is 0 Å². The summed E-state index contributed by atoms with van der Waals surface area (Å²) in [5.74, 6) is 0. The van der Waals surface area contributed by atoms with Crippen LogP contribution < -0.4 is 0 Å². The zero-order chi connectivity index (χ0) is 39.3. The van der Waals surface area contributed by atoms with Crippen LogP contribution in [0.15, 0.2) is 218 Å². The molecule has 0 radical (unpaired) electrons. The second-order valence-corrected chi connectivity index (χ2v) is 16.2. The lowest BCUT2D eigenvalue weighted by Gasteiger charge is -2.20. The summed E-state index contributed by atoms with van der Waals surface area (Å²) in [5, 5.41) is 7.80. The Hall–Kier alpha value is -7.80. The first-order valence-electron chi connectivity index (χ1n) is 20.9. The lowest BCUT2D eigenvalue weighted by Crippen LogP contribution is -1.93. The van der Waals surface area contributed by atoms with Gasteiger partial charge in [-0.1, -0.05) is 218 Å². The van der Waals surface area contributed by atoms with Crippen molar-refractivity contribution in [1.29, 1.82) is 0 Å². The smallest absolute Gasteiger partial charge is 0.000741 e. The molecule has 0 bridgehead atoms. The zero-order valence-corrected chi connectivity index (χ0v) is 32.8. The van der Waals surface area contributed by atoms with Crippen molar-refractivity contribution in [1.82, 2.24) is 0 Å². The Labute approximate surface area is 349 Å². The van der Waals surface area contributed by atoms with E-state index in [4.69, 9.17) is 0 Å². The second kappa shape index (κ2) is 12.9. The molecule has 0 aromatic heterocycles. The average Bonchev–Trinajstić information content (AvgIpc) is 3.84. The Morgan fingerprint density at radius 3 is 0.883 bits per heavy atom. The molecule has 0 fully saturated rings. The van der Waals surface area contributed by atoms with Crippen molar-refractivity contribution in [3.05, 3.63) is 218 Å². The highest BCUT2D eigenvalue weighted by Crippen LogP contribution is 2.60. The van der Waals surface area contributed by atoms with Crippen molar-refractivity contribution < 1.29 is 0 Å². The molecule has 276 valence electrons. The number of hydrogen-bond acceptors (Lipinski definition) is 0. The fourth-order valence-electron chi connectivity index (χ4n) is 10.8. The monoisotopic (exact) mass is 756 g/mol. The lowest BCUT2D eigenvalue weighted by molar-refractivity contribution is 1.59. The summed E-state index contributed by atoms with van der Waals surface area (Å²) in [6.45, 7) is 0. The quantitative estimate of drug-likeness (QED) is 0.164. The summed E-state index contributed by atoms with van der Waals surface area (Å²) >= 11 is 0. The third kappa shape index (κ3) is 4.62. The minimum atomic E-state index is 1.24. The lowest BCUT2D eigenvalue weighted by atomic mass is 9.82. The molecule has 2 aliphatic rings. The van der Waals surface area contributed by atoms with E-state index in [0.29, 0.717) is 0 Å². The molecule has 0 heteroatoms. The summed E-state index contributed by atoms with van der Waals surface area (Å²) in [5.41, 5.74) is 23.2. The molecule has 0 atom stereocenters. The van der Waals surface area contributed by atoms with E-state index in [2.05, 4.69) is 218 Å². The molecule has 0 unspecified atom stereocenters. The Morgan fingerprint density at radius 1 is 0.150 bits per heavy atom. The Kier molecular flexibility index (Phi) is 7.11. The van der Waals surface area contributed by atoms with Gasteiger partial charge in [-0.3, -0.25) is 0 Å². The van der Waals surface area contributed by atoms with Gasteiger partial charge in [0.1, 0.15) is 0 Å². The van der Waals surface area contributed by atoms with Crippen LogP contribution in [0.5, 0.6) is 0 Å². The van der Waals surface area contributed by atoms with Gasteiger partial charge in [-0.25, -0.2) is 0 Å².